The topological polar surface area (TPSA) is 64.6 Å². The normalized spacial score (nSPS) is 10.8. The maximum atomic E-state index is 11.5. The van der Waals surface area contributed by atoms with Gasteiger partial charge >= 0.3 is 12.1 Å². The molecule has 0 saturated heterocycles. The third-order valence-electron chi connectivity index (χ3n) is 2.43. The number of carbonyl (C=O) groups excluding carboxylic acids is 2. The quantitative estimate of drug-likeness (QED) is 0.860. The summed E-state index contributed by atoms with van der Waals surface area (Å²) in [7, 11) is 1.36. The molecule has 110 valence electrons. The van der Waals surface area contributed by atoms with Gasteiger partial charge in [-0.1, -0.05) is 24.3 Å². The Morgan fingerprint density at radius 2 is 1.65 bits per heavy atom. The first-order valence-corrected chi connectivity index (χ1v) is 6.41. The van der Waals surface area contributed by atoms with Crippen LogP contribution in [0.15, 0.2) is 24.3 Å². The third-order valence-corrected chi connectivity index (χ3v) is 2.43. The zero-order chi connectivity index (χ0) is 15.2. The minimum atomic E-state index is -0.506. The summed E-state index contributed by atoms with van der Waals surface area (Å²) in [5, 5.41) is 2.67. The fourth-order valence-corrected chi connectivity index (χ4v) is 1.50. The molecular formula is C15H21NO4. The molecule has 0 aliphatic rings. The number of alkyl carbamates (subject to hydrolysis) is 1. The highest BCUT2D eigenvalue weighted by Crippen LogP contribution is 2.08. The summed E-state index contributed by atoms with van der Waals surface area (Å²) in [4.78, 5) is 22.6. The number of benzene rings is 1. The van der Waals surface area contributed by atoms with E-state index in [2.05, 4.69) is 10.1 Å². The molecular weight excluding hydrogens is 258 g/mol. The van der Waals surface area contributed by atoms with E-state index in [1.165, 1.54) is 7.11 Å². The lowest BCUT2D eigenvalue weighted by molar-refractivity contribution is -0.139. The Morgan fingerprint density at radius 1 is 1.10 bits per heavy atom. The Morgan fingerprint density at radius 3 is 2.15 bits per heavy atom. The van der Waals surface area contributed by atoms with Crippen LogP contribution in [-0.2, 0) is 27.2 Å². The fraction of sp³-hybridized carbons (Fsp3) is 0.467. The van der Waals surface area contributed by atoms with Gasteiger partial charge in [-0.05, 0) is 31.9 Å². The summed E-state index contributed by atoms with van der Waals surface area (Å²) in [6.07, 6.45) is -0.202. The van der Waals surface area contributed by atoms with Gasteiger partial charge in [0.05, 0.1) is 13.5 Å². The van der Waals surface area contributed by atoms with Crippen LogP contribution in [0.2, 0.25) is 0 Å². The third kappa shape index (κ3) is 6.22. The molecule has 0 aliphatic carbocycles. The number of nitrogens with one attached hydrogen (secondary N) is 1. The van der Waals surface area contributed by atoms with Crippen LogP contribution >= 0.6 is 0 Å². The van der Waals surface area contributed by atoms with Crippen molar-refractivity contribution in [3.05, 3.63) is 35.4 Å². The van der Waals surface area contributed by atoms with E-state index in [1.54, 1.807) is 0 Å². The number of hydrogen-bond acceptors (Lipinski definition) is 4. The van der Waals surface area contributed by atoms with Crippen LogP contribution < -0.4 is 5.32 Å². The molecule has 0 radical (unpaired) electrons. The Balaban J connectivity index is 2.46. The molecule has 1 amide bonds. The maximum Gasteiger partial charge on any atom is 0.407 e. The molecule has 5 nitrogen and oxygen atoms in total. The molecule has 0 saturated carbocycles. The second kappa shape index (κ2) is 6.93. The van der Waals surface area contributed by atoms with Crippen LogP contribution in [0.3, 0.4) is 0 Å². The fourth-order valence-electron chi connectivity index (χ4n) is 1.50. The van der Waals surface area contributed by atoms with Crippen molar-refractivity contribution in [2.75, 3.05) is 7.11 Å². The van der Waals surface area contributed by atoms with Crippen molar-refractivity contribution in [3.8, 4) is 0 Å². The minimum absolute atomic E-state index is 0.246. The molecule has 20 heavy (non-hydrogen) atoms. The molecule has 5 heteroatoms. The maximum absolute atomic E-state index is 11.5. The van der Waals surface area contributed by atoms with Gasteiger partial charge in [-0.25, -0.2) is 4.79 Å². The van der Waals surface area contributed by atoms with Crippen LogP contribution in [0.1, 0.15) is 31.9 Å². The SMILES string of the molecule is COC(=O)Cc1ccc(CNC(=O)OC(C)(C)C)cc1. The van der Waals surface area contributed by atoms with E-state index >= 15 is 0 Å². The standard InChI is InChI=1S/C15H21NO4/c1-15(2,3)20-14(18)16-10-12-7-5-11(6-8-12)9-13(17)19-4/h5-8H,9-10H2,1-4H3,(H,16,18). The van der Waals surface area contributed by atoms with Gasteiger partial charge in [0.25, 0.3) is 0 Å². The van der Waals surface area contributed by atoms with Crippen LogP contribution in [0, 0.1) is 0 Å². The van der Waals surface area contributed by atoms with Crippen molar-refractivity contribution in [1.82, 2.24) is 5.32 Å². The van der Waals surface area contributed by atoms with E-state index in [-0.39, 0.29) is 12.4 Å². The Hall–Kier alpha value is -2.04. The predicted molar refractivity (Wildman–Crippen MR) is 75.2 cm³/mol. The van der Waals surface area contributed by atoms with E-state index < -0.39 is 11.7 Å². The molecule has 1 rings (SSSR count). The van der Waals surface area contributed by atoms with Crippen molar-refractivity contribution >= 4 is 12.1 Å². The van der Waals surface area contributed by atoms with Gasteiger partial charge in [-0.2, -0.15) is 0 Å². The van der Waals surface area contributed by atoms with Crippen molar-refractivity contribution in [2.45, 2.75) is 39.3 Å². The second-order valence-corrected chi connectivity index (χ2v) is 5.42. The van der Waals surface area contributed by atoms with Gasteiger partial charge in [-0.15, -0.1) is 0 Å². The van der Waals surface area contributed by atoms with Crippen LogP contribution in [-0.4, -0.2) is 24.8 Å². The first-order chi connectivity index (χ1) is 9.30. The number of methoxy groups -OCH3 is 1. The smallest absolute Gasteiger partial charge is 0.407 e. The lowest BCUT2D eigenvalue weighted by atomic mass is 10.1. The highest BCUT2D eigenvalue weighted by molar-refractivity contribution is 5.72. The molecule has 1 aromatic rings. The zero-order valence-corrected chi connectivity index (χ0v) is 12.4. The van der Waals surface area contributed by atoms with Crippen molar-refractivity contribution in [3.63, 3.8) is 0 Å². The first kappa shape index (κ1) is 16.0. The summed E-state index contributed by atoms with van der Waals surface area (Å²) in [5.74, 6) is -0.273. The summed E-state index contributed by atoms with van der Waals surface area (Å²) in [5.41, 5.74) is 1.30. The summed E-state index contributed by atoms with van der Waals surface area (Å²) >= 11 is 0. The molecule has 1 aromatic carbocycles. The Kier molecular flexibility index (Phi) is 5.55. The molecule has 0 unspecified atom stereocenters. The lowest BCUT2D eigenvalue weighted by Crippen LogP contribution is -2.32. The number of esters is 1. The van der Waals surface area contributed by atoms with Gasteiger partial charge in [-0.3, -0.25) is 4.79 Å². The van der Waals surface area contributed by atoms with Gasteiger partial charge in [0.2, 0.25) is 0 Å². The monoisotopic (exact) mass is 279 g/mol. The highest BCUT2D eigenvalue weighted by Gasteiger charge is 2.15. The van der Waals surface area contributed by atoms with Gasteiger partial charge in [0.15, 0.2) is 0 Å². The molecule has 0 atom stereocenters. The van der Waals surface area contributed by atoms with Gasteiger partial charge < -0.3 is 14.8 Å². The van der Waals surface area contributed by atoms with E-state index in [1.807, 2.05) is 45.0 Å². The number of amides is 1. The molecule has 1 N–H and O–H groups in total. The number of rotatable bonds is 4. The summed E-state index contributed by atoms with van der Waals surface area (Å²) in [6.45, 7) is 5.82. The van der Waals surface area contributed by atoms with Crippen molar-refractivity contribution in [1.29, 1.82) is 0 Å². The molecule has 0 aliphatic heterocycles. The zero-order valence-electron chi connectivity index (χ0n) is 12.4. The predicted octanol–water partition coefficient (Wildman–Crippen LogP) is 2.43. The van der Waals surface area contributed by atoms with E-state index in [9.17, 15) is 9.59 Å². The molecule has 0 aromatic heterocycles. The second-order valence-electron chi connectivity index (χ2n) is 5.42. The molecule has 0 heterocycles. The van der Waals surface area contributed by atoms with Crippen LogP contribution in [0.4, 0.5) is 4.79 Å². The largest absolute Gasteiger partial charge is 0.469 e. The Bertz CT molecular complexity index is 460. The number of carbonyl (C=O) groups is 2. The van der Waals surface area contributed by atoms with E-state index in [0.717, 1.165) is 11.1 Å². The molecule has 0 fully saturated rings. The van der Waals surface area contributed by atoms with Gasteiger partial charge in [0.1, 0.15) is 5.60 Å². The van der Waals surface area contributed by atoms with Crippen LogP contribution in [0.25, 0.3) is 0 Å². The van der Waals surface area contributed by atoms with E-state index in [4.69, 9.17) is 4.74 Å². The molecule has 0 bridgehead atoms. The average molecular weight is 279 g/mol. The van der Waals surface area contributed by atoms with Crippen LogP contribution in [0.5, 0.6) is 0 Å². The number of hydrogen-bond donors (Lipinski definition) is 1. The van der Waals surface area contributed by atoms with Crippen molar-refractivity contribution < 1.29 is 19.1 Å². The molecule has 0 spiro atoms. The van der Waals surface area contributed by atoms with Crippen molar-refractivity contribution in [2.24, 2.45) is 0 Å². The first-order valence-electron chi connectivity index (χ1n) is 6.41. The Labute approximate surface area is 119 Å². The summed E-state index contributed by atoms with van der Waals surface area (Å²) in [6, 6.07) is 7.39. The summed E-state index contributed by atoms with van der Waals surface area (Å²) < 4.78 is 9.74. The average Bonchev–Trinajstić information content (AvgIpc) is 2.36. The lowest BCUT2D eigenvalue weighted by Gasteiger charge is -2.19. The minimum Gasteiger partial charge on any atom is -0.469 e. The highest BCUT2D eigenvalue weighted by atomic mass is 16.6. The number of ether oxygens (including phenoxy) is 2. The van der Waals surface area contributed by atoms with Gasteiger partial charge in [0, 0.05) is 6.54 Å². The van der Waals surface area contributed by atoms with E-state index in [0.29, 0.717) is 6.54 Å².